The maximum Gasteiger partial charge on any atom is 0.325 e. The van der Waals surface area contributed by atoms with Gasteiger partial charge in [0, 0.05) is 12.6 Å². The van der Waals surface area contributed by atoms with Crippen molar-refractivity contribution in [2.24, 2.45) is 5.73 Å². The molecule has 1 aromatic carbocycles. The molecular weight excluding hydrogens is 253 g/mol. The van der Waals surface area contributed by atoms with Crippen LogP contribution in [0.3, 0.4) is 0 Å². The Bertz CT molecular complexity index is 563. The summed E-state index contributed by atoms with van der Waals surface area (Å²) in [6, 6.07) is 3.46. The number of carbonyl (C=O) groups excluding carboxylic acids is 2. The van der Waals surface area contributed by atoms with Gasteiger partial charge in [-0.1, -0.05) is 0 Å². The summed E-state index contributed by atoms with van der Waals surface area (Å²) >= 11 is 0. The maximum absolute atomic E-state index is 13.3. The molecule has 0 spiro atoms. The van der Waals surface area contributed by atoms with Crippen molar-refractivity contribution in [1.29, 1.82) is 0 Å². The van der Waals surface area contributed by atoms with Crippen LogP contribution in [0.5, 0.6) is 5.75 Å². The highest BCUT2D eigenvalue weighted by atomic mass is 19.1. The zero-order chi connectivity index (χ0) is 13.6. The van der Waals surface area contributed by atoms with E-state index in [1.54, 1.807) is 0 Å². The second kappa shape index (κ2) is 4.11. The highest BCUT2D eigenvalue weighted by Gasteiger charge is 2.42. The number of nitrogens with two attached hydrogens (primary N) is 1. The summed E-state index contributed by atoms with van der Waals surface area (Å²) in [7, 11) is 0. The summed E-state index contributed by atoms with van der Waals surface area (Å²) < 4.78 is 18.8. The number of nitrogens with zero attached hydrogens (tertiary/aromatic N) is 2. The summed E-state index contributed by atoms with van der Waals surface area (Å²) in [5.41, 5.74) is 5.50. The van der Waals surface area contributed by atoms with Gasteiger partial charge in [-0.25, -0.2) is 9.18 Å². The third-order valence-electron chi connectivity index (χ3n) is 3.23. The normalized spacial score (nSPS) is 20.9. The van der Waals surface area contributed by atoms with Crippen molar-refractivity contribution in [2.75, 3.05) is 24.6 Å². The predicted octanol–water partition coefficient (Wildman–Crippen LogP) is 0.314. The first-order valence-electron chi connectivity index (χ1n) is 5.85. The number of fused-ring (bicyclic) bond motifs is 3. The molecule has 1 aromatic rings. The number of hydrogen-bond acceptors (Lipinski definition) is 3. The average Bonchev–Trinajstić information content (AvgIpc) is 2.66. The monoisotopic (exact) mass is 265 g/mol. The molecule has 0 saturated carbocycles. The molecule has 0 aliphatic carbocycles. The standard InChI is InChI=1S/C12H12FN3O3/c13-7-1-2-10-9(3-7)16-8(6-19-10)4-15(12(16)18)5-11(14)17/h1-3,8H,4-6H2,(H2,14,17). The highest BCUT2D eigenvalue weighted by Crippen LogP contribution is 2.37. The third-order valence-corrected chi connectivity index (χ3v) is 3.23. The average molecular weight is 265 g/mol. The van der Waals surface area contributed by atoms with Gasteiger partial charge in [-0.2, -0.15) is 0 Å². The fraction of sp³-hybridized carbons (Fsp3) is 0.333. The van der Waals surface area contributed by atoms with E-state index >= 15 is 0 Å². The van der Waals surface area contributed by atoms with Crippen LogP contribution in [0.4, 0.5) is 14.9 Å². The smallest absolute Gasteiger partial charge is 0.325 e. The number of urea groups is 1. The van der Waals surface area contributed by atoms with E-state index in [1.165, 1.54) is 28.0 Å². The SMILES string of the molecule is NC(=O)CN1CC2COc3ccc(F)cc3N2C1=O. The lowest BCUT2D eigenvalue weighted by Crippen LogP contribution is -2.42. The Balaban J connectivity index is 1.95. The predicted molar refractivity (Wildman–Crippen MR) is 64.3 cm³/mol. The number of anilines is 1. The Morgan fingerprint density at radius 3 is 3.05 bits per heavy atom. The molecule has 3 rings (SSSR count). The molecule has 0 radical (unpaired) electrons. The number of benzene rings is 1. The first-order valence-corrected chi connectivity index (χ1v) is 5.85. The second-order valence-electron chi connectivity index (χ2n) is 4.58. The topological polar surface area (TPSA) is 75.9 Å². The van der Waals surface area contributed by atoms with E-state index in [9.17, 15) is 14.0 Å². The molecule has 7 heteroatoms. The summed E-state index contributed by atoms with van der Waals surface area (Å²) in [5.74, 6) is -0.551. The Hall–Kier alpha value is -2.31. The van der Waals surface area contributed by atoms with Gasteiger partial charge in [0.15, 0.2) is 0 Å². The molecule has 2 aliphatic rings. The number of hydrogen-bond donors (Lipinski definition) is 1. The van der Waals surface area contributed by atoms with Crippen LogP contribution in [-0.4, -0.2) is 42.6 Å². The fourth-order valence-electron chi connectivity index (χ4n) is 2.46. The summed E-state index contributed by atoms with van der Waals surface area (Å²) in [6.07, 6.45) is 0. The minimum atomic E-state index is -0.575. The van der Waals surface area contributed by atoms with Gasteiger partial charge in [0.1, 0.15) is 24.7 Å². The van der Waals surface area contributed by atoms with Crippen LogP contribution in [0.15, 0.2) is 18.2 Å². The molecule has 1 saturated heterocycles. The molecular formula is C12H12FN3O3. The van der Waals surface area contributed by atoms with Gasteiger partial charge < -0.3 is 15.4 Å². The molecule has 0 aromatic heterocycles. The molecule has 1 atom stereocenters. The third kappa shape index (κ3) is 1.87. The Morgan fingerprint density at radius 1 is 1.53 bits per heavy atom. The van der Waals surface area contributed by atoms with Gasteiger partial charge in [-0.3, -0.25) is 9.69 Å². The molecule has 2 aliphatic heterocycles. The largest absolute Gasteiger partial charge is 0.489 e. The van der Waals surface area contributed by atoms with Crippen molar-refractivity contribution in [1.82, 2.24) is 4.90 Å². The molecule has 100 valence electrons. The molecule has 1 unspecified atom stereocenters. The fourth-order valence-corrected chi connectivity index (χ4v) is 2.46. The number of halogens is 1. The van der Waals surface area contributed by atoms with Crippen molar-refractivity contribution < 1.29 is 18.7 Å². The minimum Gasteiger partial charge on any atom is -0.489 e. The summed E-state index contributed by atoms with van der Waals surface area (Å²) in [5, 5.41) is 0. The van der Waals surface area contributed by atoms with Crippen molar-refractivity contribution >= 4 is 17.6 Å². The van der Waals surface area contributed by atoms with Gasteiger partial charge in [0.05, 0.1) is 11.7 Å². The maximum atomic E-state index is 13.3. The van der Waals surface area contributed by atoms with E-state index in [-0.39, 0.29) is 18.6 Å². The van der Waals surface area contributed by atoms with E-state index in [1.807, 2.05) is 0 Å². The molecule has 0 bridgehead atoms. The Labute approximate surface area is 108 Å². The summed E-state index contributed by atoms with van der Waals surface area (Å²) in [6.45, 7) is 0.522. The van der Waals surface area contributed by atoms with Crippen LogP contribution < -0.4 is 15.4 Å². The van der Waals surface area contributed by atoms with Crippen molar-refractivity contribution in [3.8, 4) is 5.75 Å². The first-order chi connectivity index (χ1) is 9.06. The number of primary amides is 1. The number of ether oxygens (including phenoxy) is 1. The van der Waals surface area contributed by atoms with Crippen molar-refractivity contribution in [3.63, 3.8) is 0 Å². The lowest BCUT2D eigenvalue weighted by Gasteiger charge is -2.30. The molecule has 2 N–H and O–H groups in total. The van der Waals surface area contributed by atoms with Crippen LogP contribution >= 0.6 is 0 Å². The number of amides is 3. The second-order valence-corrected chi connectivity index (χ2v) is 4.58. The van der Waals surface area contributed by atoms with Crippen LogP contribution in [0, 0.1) is 5.82 Å². The number of rotatable bonds is 2. The Morgan fingerprint density at radius 2 is 2.32 bits per heavy atom. The van der Waals surface area contributed by atoms with E-state index in [0.29, 0.717) is 24.6 Å². The zero-order valence-electron chi connectivity index (χ0n) is 10.0. The highest BCUT2D eigenvalue weighted by molar-refractivity contribution is 5.98. The molecule has 19 heavy (non-hydrogen) atoms. The van der Waals surface area contributed by atoms with Gasteiger partial charge in [0.2, 0.25) is 5.91 Å². The van der Waals surface area contributed by atoms with Gasteiger partial charge in [-0.05, 0) is 12.1 Å². The molecule has 6 nitrogen and oxygen atoms in total. The molecule has 2 heterocycles. The van der Waals surface area contributed by atoms with Crippen LogP contribution in [0.1, 0.15) is 0 Å². The summed E-state index contributed by atoms with van der Waals surface area (Å²) in [4.78, 5) is 25.9. The van der Waals surface area contributed by atoms with Crippen LogP contribution in [-0.2, 0) is 4.79 Å². The van der Waals surface area contributed by atoms with E-state index < -0.39 is 11.7 Å². The van der Waals surface area contributed by atoms with Crippen LogP contribution in [0.25, 0.3) is 0 Å². The van der Waals surface area contributed by atoms with Crippen LogP contribution in [0.2, 0.25) is 0 Å². The van der Waals surface area contributed by atoms with E-state index in [0.717, 1.165) is 0 Å². The molecule has 1 fully saturated rings. The zero-order valence-corrected chi connectivity index (χ0v) is 10.0. The number of carbonyl (C=O) groups is 2. The Kier molecular flexibility index (Phi) is 2.55. The lowest BCUT2D eigenvalue weighted by molar-refractivity contribution is -0.118. The van der Waals surface area contributed by atoms with Gasteiger partial charge >= 0.3 is 6.03 Å². The van der Waals surface area contributed by atoms with E-state index in [4.69, 9.17) is 10.5 Å². The molecule has 3 amide bonds. The van der Waals surface area contributed by atoms with Crippen molar-refractivity contribution in [3.05, 3.63) is 24.0 Å². The van der Waals surface area contributed by atoms with Gasteiger partial charge in [0.25, 0.3) is 0 Å². The van der Waals surface area contributed by atoms with Crippen molar-refractivity contribution in [2.45, 2.75) is 6.04 Å². The lowest BCUT2D eigenvalue weighted by atomic mass is 10.2. The van der Waals surface area contributed by atoms with E-state index in [2.05, 4.69) is 0 Å². The minimum absolute atomic E-state index is 0.142. The van der Waals surface area contributed by atoms with Gasteiger partial charge in [-0.15, -0.1) is 0 Å². The first kappa shape index (κ1) is 11.8. The quantitative estimate of drug-likeness (QED) is 0.836.